The van der Waals surface area contributed by atoms with Crippen molar-refractivity contribution in [3.05, 3.63) is 82.7 Å². The Morgan fingerprint density at radius 3 is 2.50 bits per heavy atom. The molecule has 7 rings (SSSR count). The molecule has 2 fully saturated rings. The number of benzene rings is 2. The van der Waals surface area contributed by atoms with Crippen molar-refractivity contribution >= 4 is 55.9 Å². The predicted octanol–water partition coefficient (Wildman–Crippen LogP) is 9.37. The van der Waals surface area contributed by atoms with Gasteiger partial charge in [0.25, 0.3) is 15.9 Å². The molecule has 1 aliphatic carbocycles. The number of fused-ring (bicyclic) bond motifs is 1. The second kappa shape index (κ2) is 18.6. The largest absolute Gasteiger partial charge is 0.489 e. The van der Waals surface area contributed by atoms with E-state index in [0.29, 0.717) is 42.7 Å². The van der Waals surface area contributed by atoms with E-state index in [1.165, 1.54) is 24.6 Å². The number of halogens is 3. The molecule has 1 unspecified atom stereocenters. The van der Waals surface area contributed by atoms with E-state index < -0.39 is 21.6 Å². The zero-order chi connectivity index (χ0) is 42.7. The van der Waals surface area contributed by atoms with Gasteiger partial charge in [0, 0.05) is 74.5 Å². The molecule has 15 heteroatoms. The number of likely N-dealkylation sites (tertiary alicyclic amines) is 1. The first-order valence-electron chi connectivity index (χ1n) is 21.0. The van der Waals surface area contributed by atoms with Gasteiger partial charge in [0.05, 0.1) is 21.7 Å². The standard InChI is InChI=1S/C45H57Cl2FN6O5S/c1-31(46)6-5-7-33-27-44(2,3)14-12-34(33)29-53-20-22-54(23-21-53)35-8-10-38(41(25-35)59-36-24-32-13-17-49-42(32)50-28-36)43(55)51-60(56,57)37-9-11-40(39(47)26-37)58-30-45(48)15-18-52(4)19-16-45/h8-11,13,17,24-26,28,31H,5-7,12,14-16,18-23,27,29-30H2,1-4H3,(H,49,50)(H,51,55). The molecule has 2 aliphatic heterocycles. The van der Waals surface area contributed by atoms with Gasteiger partial charge in [-0.2, -0.15) is 0 Å². The summed E-state index contributed by atoms with van der Waals surface area (Å²) in [5, 5.41) is 0.996. The Labute approximate surface area is 363 Å². The fourth-order valence-electron chi connectivity index (χ4n) is 8.40. The van der Waals surface area contributed by atoms with Gasteiger partial charge in [0.2, 0.25) is 0 Å². The third-order valence-corrected chi connectivity index (χ3v) is 14.0. The lowest BCUT2D eigenvalue weighted by atomic mass is 9.73. The number of rotatable bonds is 15. The number of alkyl halides is 2. The number of nitrogens with zero attached hydrogens (tertiary/aromatic N) is 4. The van der Waals surface area contributed by atoms with Crippen LogP contribution in [0.3, 0.4) is 0 Å². The van der Waals surface area contributed by atoms with Crippen LogP contribution in [0.5, 0.6) is 17.2 Å². The van der Waals surface area contributed by atoms with E-state index in [4.69, 9.17) is 32.7 Å². The van der Waals surface area contributed by atoms with Gasteiger partial charge in [0.1, 0.15) is 35.2 Å². The third-order valence-electron chi connectivity index (χ3n) is 12.2. The molecule has 2 aromatic heterocycles. The van der Waals surface area contributed by atoms with Crippen LogP contribution in [0.4, 0.5) is 10.1 Å². The van der Waals surface area contributed by atoms with Gasteiger partial charge in [-0.25, -0.2) is 22.5 Å². The number of aromatic nitrogens is 2. The summed E-state index contributed by atoms with van der Waals surface area (Å²) in [5.74, 6) is -0.152. The van der Waals surface area contributed by atoms with Gasteiger partial charge in [-0.3, -0.25) is 9.69 Å². The fourth-order valence-corrected chi connectivity index (χ4v) is 9.84. The molecule has 4 heterocycles. The Kier molecular flexibility index (Phi) is 13.7. The van der Waals surface area contributed by atoms with Crippen LogP contribution >= 0.6 is 23.2 Å². The van der Waals surface area contributed by atoms with Gasteiger partial charge in [0.15, 0.2) is 0 Å². The number of carbonyl (C=O) groups excluding carboxylic acids is 1. The number of amides is 1. The van der Waals surface area contributed by atoms with Crippen LogP contribution in [0, 0.1) is 5.41 Å². The highest BCUT2D eigenvalue weighted by Crippen LogP contribution is 2.41. The Morgan fingerprint density at radius 2 is 1.77 bits per heavy atom. The first-order valence-corrected chi connectivity index (χ1v) is 23.3. The zero-order valence-electron chi connectivity index (χ0n) is 35.0. The third kappa shape index (κ3) is 11.1. The first-order chi connectivity index (χ1) is 28.5. The van der Waals surface area contributed by atoms with Crippen molar-refractivity contribution < 1.29 is 27.1 Å². The number of hydrogen-bond acceptors (Lipinski definition) is 9. The molecule has 2 N–H and O–H groups in total. The van der Waals surface area contributed by atoms with E-state index in [1.54, 1.807) is 41.7 Å². The summed E-state index contributed by atoms with van der Waals surface area (Å²) in [7, 11) is -2.45. The van der Waals surface area contributed by atoms with E-state index in [1.807, 2.05) is 19.2 Å². The number of hydrogen-bond donors (Lipinski definition) is 2. The van der Waals surface area contributed by atoms with Gasteiger partial charge in [-0.15, -0.1) is 11.6 Å². The first kappa shape index (κ1) is 44.2. The highest BCUT2D eigenvalue weighted by Gasteiger charge is 2.35. The summed E-state index contributed by atoms with van der Waals surface area (Å²) < 4.78 is 56.7. The van der Waals surface area contributed by atoms with Crippen LogP contribution in [0.1, 0.15) is 82.5 Å². The van der Waals surface area contributed by atoms with Crippen molar-refractivity contribution in [3.63, 3.8) is 0 Å². The summed E-state index contributed by atoms with van der Waals surface area (Å²) in [6.07, 6.45) is 10.7. The summed E-state index contributed by atoms with van der Waals surface area (Å²) >= 11 is 12.7. The second-order valence-corrected chi connectivity index (χ2v) is 20.5. The molecule has 324 valence electrons. The minimum absolute atomic E-state index is 0.0141. The number of anilines is 1. The maximum atomic E-state index is 15.3. The monoisotopic (exact) mass is 882 g/mol. The Balaban J connectivity index is 1.05. The van der Waals surface area contributed by atoms with Crippen LogP contribution in [0.2, 0.25) is 5.02 Å². The highest BCUT2D eigenvalue weighted by molar-refractivity contribution is 7.90. The van der Waals surface area contributed by atoms with Crippen molar-refractivity contribution in [1.82, 2.24) is 24.5 Å². The van der Waals surface area contributed by atoms with Crippen molar-refractivity contribution in [1.29, 1.82) is 0 Å². The number of aromatic amines is 1. The predicted molar refractivity (Wildman–Crippen MR) is 237 cm³/mol. The Morgan fingerprint density at radius 1 is 1.00 bits per heavy atom. The summed E-state index contributed by atoms with van der Waals surface area (Å²) in [6, 6.07) is 12.7. The van der Waals surface area contributed by atoms with E-state index in [0.717, 1.165) is 75.9 Å². The lowest BCUT2D eigenvalue weighted by Crippen LogP contribution is -2.47. The smallest absolute Gasteiger partial charge is 0.268 e. The van der Waals surface area contributed by atoms with Crippen LogP contribution in [0.15, 0.2) is 77.0 Å². The quantitative estimate of drug-likeness (QED) is 0.0890. The maximum absolute atomic E-state index is 15.3. The molecular formula is C45H57Cl2FN6O5S. The molecule has 1 amide bonds. The molecule has 3 aliphatic rings. The van der Waals surface area contributed by atoms with Crippen LogP contribution < -0.4 is 19.1 Å². The number of piperidine rings is 1. The number of allylic oxidation sites excluding steroid dienone is 1. The summed E-state index contributed by atoms with van der Waals surface area (Å²) in [5.41, 5.74) is 3.58. The number of pyridine rings is 1. The van der Waals surface area contributed by atoms with Crippen molar-refractivity contribution in [2.45, 2.75) is 88.1 Å². The molecule has 2 saturated heterocycles. The second-order valence-electron chi connectivity index (χ2n) is 17.6. The molecule has 0 saturated carbocycles. The molecule has 0 spiro atoms. The molecule has 2 aromatic carbocycles. The van der Waals surface area contributed by atoms with Gasteiger partial charge in [-0.05, 0) is 113 Å². The van der Waals surface area contributed by atoms with Gasteiger partial charge >= 0.3 is 0 Å². The fraction of sp³-hybridized carbons (Fsp3) is 0.511. The normalized spacial score (nSPS) is 19.4. The number of sulfonamides is 1. The number of carbonyl (C=O) groups is 1. The van der Waals surface area contributed by atoms with Crippen molar-refractivity contribution in [2.24, 2.45) is 5.41 Å². The minimum atomic E-state index is -4.40. The molecule has 4 aromatic rings. The number of ether oxygens (including phenoxy) is 2. The van der Waals surface area contributed by atoms with Crippen LogP contribution in [-0.4, -0.2) is 105 Å². The van der Waals surface area contributed by atoms with Gasteiger partial charge < -0.3 is 24.3 Å². The summed E-state index contributed by atoms with van der Waals surface area (Å²) in [4.78, 5) is 28.0. The molecule has 11 nitrogen and oxygen atoms in total. The van der Waals surface area contributed by atoms with Crippen LogP contribution in [-0.2, 0) is 10.0 Å². The Bertz CT molecular complexity index is 2300. The van der Waals surface area contributed by atoms with E-state index in [9.17, 15) is 13.2 Å². The summed E-state index contributed by atoms with van der Waals surface area (Å²) in [6.45, 7) is 12.1. The zero-order valence-corrected chi connectivity index (χ0v) is 37.4. The van der Waals surface area contributed by atoms with Crippen molar-refractivity contribution in [3.8, 4) is 17.2 Å². The highest BCUT2D eigenvalue weighted by atomic mass is 35.5. The number of H-pyrrole nitrogens is 1. The van der Waals surface area contributed by atoms with Gasteiger partial charge in [-0.1, -0.05) is 36.6 Å². The average Bonchev–Trinajstić information content (AvgIpc) is 3.68. The molecule has 1 atom stereocenters. The average molecular weight is 884 g/mol. The van der Waals surface area contributed by atoms with Crippen molar-refractivity contribution in [2.75, 3.05) is 64.4 Å². The van der Waals surface area contributed by atoms with E-state index >= 15 is 4.39 Å². The topological polar surface area (TPSA) is 120 Å². The molecule has 60 heavy (non-hydrogen) atoms. The SMILES string of the molecule is CC(Cl)CCCC1=C(CN2CCN(c3ccc(C(=O)NS(=O)(=O)c4ccc(OCC5(F)CCN(C)CC5)c(Cl)c4)c(Oc4cnc5[nH]ccc5c4)c3)CC2)CCC(C)(C)C1. The number of piperazine rings is 1. The Hall–Kier alpha value is -3.88. The van der Waals surface area contributed by atoms with E-state index in [-0.39, 0.29) is 39.0 Å². The molecule has 0 radical (unpaired) electrons. The minimum Gasteiger partial charge on any atom is -0.489 e. The lowest BCUT2D eigenvalue weighted by molar-refractivity contribution is 0.0245. The number of nitrogens with one attached hydrogen (secondary N) is 2. The molecular weight excluding hydrogens is 827 g/mol. The molecule has 0 bridgehead atoms. The lowest BCUT2D eigenvalue weighted by Gasteiger charge is -2.39. The maximum Gasteiger partial charge on any atom is 0.268 e. The van der Waals surface area contributed by atoms with Crippen LogP contribution in [0.25, 0.3) is 11.0 Å². The van der Waals surface area contributed by atoms with E-state index in [2.05, 4.69) is 50.2 Å².